The van der Waals surface area contributed by atoms with Crippen molar-refractivity contribution < 1.29 is 28.6 Å². The quantitative estimate of drug-likeness (QED) is 0.185. The summed E-state index contributed by atoms with van der Waals surface area (Å²) in [5.74, 6) is 0.448. The van der Waals surface area contributed by atoms with E-state index >= 15 is 0 Å². The number of thioether (sulfide) groups is 1. The van der Waals surface area contributed by atoms with Crippen molar-refractivity contribution in [3.05, 3.63) is 72.1 Å². The van der Waals surface area contributed by atoms with Crippen LogP contribution in [0.3, 0.4) is 0 Å². The van der Waals surface area contributed by atoms with Gasteiger partial charge in [0.1, 0.15) is 0 Å². The standard InChI is InChI=1S/C27H31N5O6S/c1-6-12-32-23(15-28-25(34)18-10-11-21(36-4)22(14-18)37-5)30-31-27(32)39-16-24(33)29-20-9-7-8-19(13-20)26(35)38-17(2)3/h6-11,13-14,17H,1,12,15-16H2,2-5H3,(H,28,34)(H,29,33). The first-order valence-corrected chi connectivity index (χ1v) is 13.0. The largest absolute Gasteiger partial charge is 0.493 e. The van der Waals surface area contributed by atoms with E-state index in [-0.39, 0.29) is 30.2 Å². The Morgan fingerprint density at radius 2 is 1.82 bits per heavy atom. The second kappa shape index (κ2) is 14.0. The fourth-order valence-corrected chi connectivity index (χ4v) is 4.21. The molecule has 0 atom stereocenters. The van der Waals surface area contributed by atoms with Gasteiger partial charge in [0.15, 0.2) is 22.5 Å². The minimum Gasteiger partial charge on any atom is -0.493 e. The van der Waals surface area contributed by atoms with Gasteiger partial charge in [0.05, 0.1) is 38.2 Å². The molecule has 0 fully saturated rings. The van der Waals surface area contributed by atoms with Gasteiger partial charge in [-0.15, -0.1) is 16.8 Å². The fraction of sp³-hybridized carbons (Fsp3) is 0.296. The summed E-state index contributed by atoms with van der Waals surface area (Å²) in [6.45, 7) is 7.80. The second-order valence-electron chi connectivity index (χ2n) is 8.42. The van der Waals surface area contributed by atoms with Gasteiger partial charge < -0.3 is 29.4 Å². The molecule has 2 aromatic carbocycles. The first-order valence-electron chi connectivity index (χ1n) is 12.0. The monoisotopic (exact) mass is 553 g/mol. The van der Waals surface area contributed by atoms with Crippen molar-refractivity contribution in [1.82, 2.24) is 20.1 Å². The van der Waals surface area contributed by atoms with Gasteiger partial charge in [0.25, 0.3) is 5.91 Å². The van der Waals surface area contributed by atoms with Crippen molar-refractivity contribution >= 4 is 35.2 Å². The van der Waals surface area contributed by atoms with Gasteiger partial charge in [-0.25, -0.2) is 4.79 Å². The van der Waals surface area contributed by atoms with Gasteiger partial charge in [0.2, 0.25) is 5.91 Å². The maximum absolute atomic E-state index is 12.7. The molecule has 0 unspecified atom stereocenters. The van der Waals surface area contributed by atoms with Crippen LogP contribution < -0.4 is 20.1 Å². The fourth-order valence-electron chi connectivity index (χ4n) is 3.44. The number of anilines is 1. The Morgan fingerprint density at radius 1 is 1.05 bits per heavy atom. The van der Waals surface area contributed by atoms with E-state index in [2.05, 4.69) is 27.4 Å². The van der Waals surface area contributed by atoms with Crippen molar-refractivity contribution in [2.45, 2.75) is 38.2 Å². The summed E-state index contributed by atoms with van der Waals surface area (Å²) in [5.41, 5.74) is 1.22. The lowest BCUT2D eigenvalue weighted by atomic mass is 10.2. The molecule has 2 amide bonds. The molecule has 1 aromatic heterocycles. The van der Waals surface area contributed by atoms with Gasteiger partial charge in [-0.1, -0.05) is 23.9 Å². The number of carbonyl (C=O) groups excluding carboxylic acids is 3. The number of ether oxygens (including phenoxy) is 3. The number of hydrogen-bond acceptors (Lipinski definition) is 9. The average molecular weight is 554 g/mol. The number of methoxy groups -OCH3 is 2. The number of hydrogen-bond donors (Lipinski definition) is 2. The summed E-state index contributed by atoms with van der Waals surface area (Å²) in [7, 11) is 3.02. The molecule has 2 N–H and O–H groups in total. The summed E-state index contributed by atoms with van der Waals surface area (Å²) in [6, 6.07) is 11.4. The van der Waals surface area contributed by atoms with E-state index in [9.17, 15) is 14.4 Å². The molecule has 0 aliphatic rings. The zero-order valence-corrected chi connectivity index (χ0v) is 23.0. The number of rotatable bonds is 13. The Balaban J connectivity index is 1.61. The first-order chi connectivity index (χ1) is 18.7. The third-order valence-corrected chi connectivity index (χ3v) is 6.18. The third kappa shape index (κ3) is 8.08. The lowest BCUT2D eigenvalue weighted by molar-refractivity contribution is -0.113. The van der Waals surface area contributed by atoms with E-state index in [4.69, 9.17) is 14.2 Å². The van der Waals surface area contributed by atoms with Crippen LogP contribution in [0.25, 0.3) is 0 Å². The summed E-state index contributed by atoms with van der Waals surface area (Å²) in [5, 5.41) is 14.4. The van der Waals surface area contributed by atoms with Crippen molar-refractivity contribution in [3.8, 4) is 11.5 Å². The highest BCUT2D eigenvalue weighted by Gasteiger charge is 2.17. The topological polar surface area (TPSA) is 134 Å². The van der Waals surface area contributed by atoms with Gasteiger partial charge in [-0.05, 0) is 50.2 Å². The maximum Gasteiger partial charge on any atom is 0.338 e. The summed E-state index contributed by atoms with van der Waals surface area (Å²) < 4.78 is 17.4. The van der Waals surface area contributed by atoms with Crippen LogP contribution >= 0.6 is 11.8 Å². The molecule has 39 heavy (non-hydrogen) atoms. The average Bonchev–Trinajstić information content (AvgIpc) is 3.31. The highest BCUT2D eigenvalue weighted by atomic mass is 32.2. The number of carbonyl (C=O) groups is 3. The van der Waals surface area contributed by atoms with Crippen LogP contribution in [0, 0.1) is 0 Å². The third-order valence-electron chi connectivity index (χ3n) is 5.22. The molecule has 12 heteroatoms. The molecule has 206 valence electrons. The molecule has 0 spiro atoms. The number of nitrogens with one attached hydrogen (secondary N) is 2. The van der Waals surface area contributed by atoms with Crippen LogP contribution in [-0.2, 0) is 22.6 Å². The Kier molecular flexibility index (Phi) is 10.5. The zero-order chi connectivity index (χ0) is 28.4. The van der Waals surface area contributed by atoms with E-state index < -0.39 is 5.97 Å². The Labute approximate surface area is 230 Å². The maximum atomic E-state index is 12.7. The minimum absolute atomic E-state index is 0.0495. The van der Waals surface area contributed by atoms with Crippen LogP contribution in [-0.4, -0.2) is 58.6 Å². The van der Waals surface area contributed by atoms with Gasteiger partial charge in [0, 0.05) is 17.8 Å². The number of esters is 1. The van der Waals surface area contributed by atoms with Gasteiger partial charge >= 0.3 is 5.97 Å². The summed E-state index contributed by atoms with van der Waals surface area (Å²) in [6.07, 6.45) is 1.43. The highest BCUT2D eigenvalue weighted by Crippen LogP contribution is 2.27. The summed E-state index contributed by atoms with van der Waals surface area (Å²) in [4.78, 5) is 37.4. The molecule has 11 nitrogen and oxygen atoms in total. The Bertz CT molecular complexity index is 1340. The lowest BCUT2D eigenvalue weighted by Crippen LogP contribution is -2.25. The minimum atomic E-state index is -0.459. The normalized spacial score (nSPS) is 10.6. The molecule has 0 bridgehead atoms. The van der Waals surface area contributed by atoms with Crippen LogP contribution in [0.2, 0.25) is 0 Å². The van der Waals surface area contributed by atoms with Crippen molar-refractivity contribution in [3.63, 3.8) is 0 Å². The SMILES string of the molecule is C=CCn1c(CNC(=O)c2ccc(OC)c(OC)c2)nnc1SCC(=O)Nc1cccc(C(=O)OC(C)C)c1. The zero-order valence-electron chi connectivity index (χ0n) is 22.2. The number of benzene rings is 2. The molecular weight excluding hydrogens is 522 g/mol. The van der Waals surface area contributed by atoms with E-state index in [1.54, 1.807) is 67.0 Å². The van der Waals surface area contributed by atoms with Crippen LogP contribution in [0.15, 0.2) is 60.3 Å². The van der Waals surface area contributed by atoms with E-state index in [1.807, 2.05) is 0 Å². The smallest absolute Gasteiger partial charge is 0.338 e. The van der Waals surface area contributed by atoms with Gasteiger partial charge in [-0.2, -0.15) is 0 Å². The molecule has 0 aliphatic carbocycles. The molecule has 1 heterocycles. The summed E-state index contributed by atoms with van der Waals surface area (Å²) >= 11 is 1.19. The first kappa shape index (κ1) is 29.2. The molecule has 0 saturated carbocycles. The number of amides is 2. The molecular formula is C27H31N5O6S. The molecule has 0 radical (unpaired) electrons. The number of aromatic nitrogens is 3. The van der Waals surface area contributed by atoms with Crippen molar-refractivity contribution in [2.75, 3.05) is 25.3 Å². The van der Waals surface area contributed by atoms with E-state index in [0.717, 1.165) is 0 Å². The predicted octanol–water partition coefficient (Wildman–Crippen LogP) is 3.71. The Hall–Kier alpha value is -4.32. The van der Waals surface area contributed by atoms with Crippen LogP contribution in [0.1, 0.15) is 40.4 Å². The predicted molar refractivity (Wildman–Crippen MR) is 147 cm³/mol. The van der Waals surface area contributed by atoms with Crippen LogP contribution in [0.5, 0.6) is 11.5 Å². The van der Waals surface area contributed by atoms with Crippen molar-refractivity contribution in [2.24, 2.45) is 0 Å². The molecule has 3 aromatic rings. The highest BCUT2D eigenvalue weighted by molar-refractivity contribution is 7.99. The van der Waals surface area contributed by atoms with E-state index in [0.29, 0.717) is 45.8 Å². The Morgan fingerprint density at radius 3 is 2.51 bits per heavy atom. The molecule has 3 rings (SSSR count). The number of nitrogens with zero attached hydrogens (tertiary/aromatic N) is 3. The lowest BCUT2D eigenvalue weighted by Gasteiger charge is -2.11. The number of allylic oxidation sites excluding steroid dienone is 1. The molecule has 0 saturated heterocycles. The van der Waals surface area contributed by atoms with Gasteiger partial charge in [-0.3, -0.25) is 9.59 Å². The van der Waals surface area contributed by atoms with E-state index in [1.165, 1.54) is 26.0 Å². The molecule has 0 aliphatic heterocycles. The van der Waals surface area contributed by atoms with Crippen molar-refractivity contribution in [1.29, 1.82) is 0 Å². The second-order valence-corrected chi connectivity index (χ2v) is 9.36. The van der Waals surface area contributed by atoms with Crippen LogP contribution in [0.4, 0.5) is 5.69 Å².